The number of hydrogen-bond donors (Lipinski definition) is 1. The number of Topliss-reactive ketones (excluding diaryl/α,β-unsaturated/α-hetero) is 1. The third kappa shape index (κ3) is 7.17. The zero-order valence-corrected chi connectivity index (χ0v) is 19.9. The first kappa shape index (κ1) is 26.1. The molecule has 1 aromatic carbocycles. The molecular formula is C26H39NO5. The standard InChI is InChI=1S/C26H39NO5/c1-4-5-6-7-8-9-10-11-12-13-18-31-32-20-21-14-16-22(17-15-21)27-25(30)23(19-28)24(29)26(27,2)3/h14-17,19,28H,4-13,18,20H2,1-3H3/b23-19+. The molecule has 0 unspecified atom stereocenters. The zero-order valence-electron chi connectivity index (χ0n) is 19.9. The SMILES string of the molecule is CCCCCCCCCCCCOOCc1ccc(N2C(=O)/C(=C/O)C(=O)C2(C)C)cc1. The van der Waals surface area contributed by atoms with Gasteiger partial charge in [0.1, 0.15) is 17.7 Å². The quantitative estimate of drug-likeness (QED) is 0.0869. The molecular weight excluding hydrogens is 406 g/mol. The first-order valence-electron chi connectivity index (χ1n) is 12.0. The van der Waals surface area contributed by atoms with Crippen LogP contribution in [0.1, 0.15) is 90.5 Å². The van der Waals surface area contributed by atoms with E-state index in [1.54, 1.807) is 26.0 Å². The van der Waals surface area contributed by atoms with Gasteiger partial charge in [-0.3, -0.25) is 14.5 Å². The Hall–Kier alpha value is -2.18. The fourth-order valence-electron chi connectivity index (χ4n) is 4.01. The van der Waals surface area contributed by atoms with E-state index in [0.29, 0.717) is 25.2 Å². The van der Waals surface area contributed by atoms with Gasteiger partial charge in [-0.2, -0.15) is 0 Å². The Labute approximate surface area is 192 Å². The van der Waals surface area contributed by atoms with Crippen LogP contribution >= 0.6 is 0 Å². The molecule has 32 heavy (non-hydrogen) atoms. The minimum Gasteiger partial charge on any atom is -0.515 e. The predicted molar refractivity (Wildman–Crippen MR) is 126 cm³/mol. The maximum absolute atomic E-state index is 12.5. The summed E-state index contributed by atoms with van der Waals surface area (Å²) in [6.45, 7) is 6.49. The van der Waals surface area contributed by atoms with Crippen molar-refractivity contribution in [2.45, 2.75) is 97.1 Å². The molecule has 178 valence electrons. The number of carbonyl (C=O) groups is 2. The van der Waals surface area contributed by atoms with Gasteiger partial charge in [0.15, 0.2) is 5.78 Å². The maximum Gasteiger partial charge on any atom is 0.266 e. The number of benzene rings is 1. The van der Waals surface area contributed by atoms with Crippen LogP contribution < -0.4 is 4.90 Å². The second kappa shape index (κ2) is 13.4. The highest BCUT2D eigenvalue weighted by molar-refractivity contribution is 6.34. The van der Waals surface area contributed by atoms with Crippen molar-refractivity contribution in [3.63, 3.8) is 0 Å². The number of ketones is 1. The van der Waals surface area contributed by atoms with E-state index in [2.05, 4.69) is 6.92 Å². The van der Waals surface area contributed by atoms with E-state index in [9.17, 15) is 14.7 Å². The molecule has 1 amide bonds. The van der Waals surface area contributed by atoms with Crippen molar-refractivity contribution in [1.82, 2.24) is 0 Å². The smallest absolute Gasteiger partial charge is 0.266 e. The number of nitrogens with zero attached hydrogens (tertiary/aromatic N) is 1. The first-order chi connectivity index (χ1) is 15.4. The third-order valence-electron chi connectivity index (χ3n) is 6.01. The number of hydrogen-bond acceptors (Lipinski definition) is 5. The van der Waals surface area contributed by atoms with Gasteiger partial charge in [-0.15, -0.1) is 0 Å². The van der Waals surface area contributed by atoms with Gasteiger partial charge >= 0.3 is 0 Å². The molecule has 0 aromatic heterocycles. The minimum absolute atomic E-state index is 0.192. The number of amides is 1. The highest BCUT2D eigenvalue weighted by Gasteiger charge is 2.50. The van der Waals surface area contributed by atoms with Gasteiger partial charge in [0, 0.05) is 5.69 Å². The Balaban J connectivity index is 1.62. The van der Waals surface area contributed by atoms with Crippen molar-refractivity contribution < 1.29 is 24.5 Å². The molecule has 0 atom stereocenters. The maximum atomic E-state index is 12.5. The van der Waals surface area contributed by atoms with Crippen LogP contribution in [0.3, 0.4) is 0 Å². The molecule has 1 aromatic rings. The van der Waals surface area contributed by atoms with Crippen LogP contribution in [0.25, 0.3) is 0 Å². The summed E-state index contributed by atoms with van der Waals surface area (Å²) in [5, 5.41) is 9.24. The van der Waals surface area contributed by atoms with Crippen molar-refractivity contribution in [2.24, 2.45) is 0 Å². The number of aliphatic hydroxyl groups excluding tert-OH is 1. The fourth-order valence-corrected chi connectivity index (χ4v) is 4.01. The number of rotatable bonds is 15. The summed E-state index contributed by atoms with van der Waals surface area (Å²) in [6, 6.07) is 7.23. The van der Waals surface area contributed by atoms with Gasteiger partial charge in [-0.25, -0.2) is 9.78 Å². The van der Waals surface area contributed by atoms with Gasteiger partial charge < -0.3 is 5.11 Å². The molecule has 1 aliphatic rings. The van der Waals surface area contributed by atoms with Crippen LogP contribution in [0, 0.1) is 0 Å². The zero-order chi connectivity index (χ0) is 23.4. The molecule has 1 N–H and O–H groups in total. The van der Waals surface area contributed by atoms with Gasteiger partial charge in [0.2, 0.25) is 0 Å². The molecule has 0 saturated carbocycles. The number of aliphatic hydroxyl groups is 1. The average molecular weight is 446 g/mol. The van der Waals surface area contributed by atoms with Gasteiger partial charge in [-0.1, -0.05) is 76.8 Å². The number of carbonyl (C=O) groups excluding carboxylic acids is 2. The molecule has 0 aliphatic carbocycles. The van der Waals surface area contributed by atoms with Crippen LogP contribution in [0.15, 0.2) is 36.1 Å². The van der Waals surface area contributed by atoms with Crippen LogP contribution in [-0.2, 0) is 26.0 Å². The molecule has 0 spiro atoms. The molecule has 1 saturated heterocycles. The van der Waals surface area contributed by atoms with E-state index in [1.165, 1.54) is 56.3 Å². The first-order valence-corrected chi connectivity index (χ1v) is 12.0. The molecule has 1 aliphatic heterocycles. The van der Waals surface area contributed by atoms with Crippen molar-refractivity contribution >= 4 is 17.4 Å². The molecule has 1 heterocycles. The molecule has 1 fully saturated rings. The topological polar surface area (TPSA) is 76.1 Å². The predicted octanol–water partition coefficient (Wildman–Crippen LogP) is 6.19. The van der Waals surface area contributed by atoms with E-state index in [1.807, 2.05) is 12.1 Å². The number of unbranched alkanes of at least 4 members (excludes halogenated alkanes) is 9. The van der Waals surface area contributed by atoms with Gasteiger partial charge in [0.05, 0.1) is 12.9 Å². The summed E-state index contributed by atoms with van der Waals surface area (Å²) in [7, 11) is 0. The summed E-state index contributed by atoms with van der Waals surface area (Å²) < 4.78 is 0. The van der Waals surface area contributed by atoms with E-state index in [-0.39, 0.29) is 5.57 Å². The van der Waals surface area contributed by atoms with Crippen LogP contribution in [0.4, 0.5) is 5.69 Å². The average Bonchev–Trinajstić information content (AvgIpc) is 2.95. The van der Waals surface area contributed by atoms with Crippen molar-refractivity contribution in [1.29, 1.82) is 0 Å². The fraction of sp³-hybridized carbons (Fsp3) is 0.615. The van der Waals surface area contributed by atoms with Crippen molar-refractivity contribution in [3.8, 4) is 0 Å². The molecule has 0 bridgehead atoms. The van der Waals surface area contributed by atoms with Crippen LogP contribution in [0.5, 0.6) is 0 Å². The van der Waals surface area contributed by atoms with Gasteiger partial charge in [-0.05, 0) is 38.0 Å². The third-order valence-corrected chi connectivity index (χ3v) is 6.01. The Morgan fingerprint density at radius 1 is 0.875 bits per heavy atom. The minimum atomic E-state index is -1.04. The largest absolute Gasteiger partial charge is 0.515 e. The van der Waals surface area contributed by atoms with E-state index >= 15 is 0 Å². The summed E-state index contributed by atoms with van der Waals surface area (Å²) in [4.78, 5) is 36.8. The summed E-state index contributed by atoms with van der Waals surface area (Å²) in [6.07, 6.45) is 13.4. The number of anilines is 1. The second-order valence-corrected chi connectivity index (χ2v) is 9.00. The Bertz CT molecular complexity index is 754. The van der Waals surface area contributed by atoms with Crippen molar-refractivity contribution in [3.05, 3.63) is 41.7 Å². The lowest BCUT2D eigenvalue weighted by atomic mass is 9.98. The Morgan fingerprint density at radius 3 is 1.97 bits per heavy atom. The van der Waals surface area contributed by atoms with Crippen LogP contribution in [0.2, 0.25) is 0 Å². The Morgan fingerprint density at radius 2 is 1.44 bits per heavy atom. The highest BCUT2D eigenvalue weighted by Crippen LogP contribution is 2.35. The summed E-state index contributed by atoms with van der Waals surface area (Å²) in [5.74, 6) is -0.885. The molecule has 0 radical (unpaired) electrons. The summed E-state index contributed by atoms with van der Waals surface area (Å²) >= 11 is 0. The second-order valence-electron chi connectivity index (χ2n) is 9.00. The van der Waals surface area contributed by atoms with E-state index in [0.717, 1.165) is 18.4 Å². The van der Waals surface area contributed by atoms with Crippen LogP contribution in [-0.4, -0.2) is 28.9 Å². The highest BCUT2D eigenvalue weighted by atomic mass is 17.2. The van der Waals surface area contributed by atoms with E-state index in [4.69, 9.17) is 9.78 Å². The molecule has 2 rings (SSSR count). The van der Waals surface area contributed by atoms with E-state index < -0.39 is 17.2 Å². The lowest BCUT2D eigenvalue weighted by Gasteiger charge is -2.29. The molecule has 6 heteroatoms. The van der Waals surface area contributed by atoms with Gasteiger partial charge in [0.25, 0.3) is 5.91 Å². The normalized spacial score (nSPS) is 17.0. The van der Waals surface area contributed by atoms with Crippen molar-refractivity contribution in [2.75, 3.05) is 11.5 Å². The molecule has 6 nitrogen and oxygen atoms in total. The Kier molecular flexibility index (Phi) is 10.9. The summed E-state index contributed by atoms with van der Waals surface area (Å²) in [5.41, 5.74) is 0.274. The lowest BCUT2D eigenvalue weighted by molar-refractivity contribution is -0.304. The lowest BCUT2D eigenvalue weighted by Crippen LogP contribution is -2.44. The monoisotopic (exact) mass is 445 g/mol.